The molecule has 0 saturated carbocycles. The van der Waals surface area contributed by atoms with Gasteiger partial charge in [-0.2, -0.15) is 0 Å². The van der Waals surface area contributed by atoms with Crippen molar-refractivity contribution in [3.8, 4) is 5.75 Å². The minimum Gasteiger partial charge on any atom is -0.497 e. The van der Waals surface area contributed by atoms with Crippen LogP contribution in [0.2, 0.25) is 0 Å². The zero-order valence-corrected chi connectivity index (χ0v) is 13.5. The van der Waals surface area contributed by atoms with Crippen molar-refractivity contribution in [2.75, 3.05) is 46.5 Å². The van der Waals surface area contributed by atoms with Gasteiger partial charge in [0.05, 0.1) is 20.3 Å². The summed E-state index contributed by atoms with van der Waals surface area (Å²) in [5.41, 5.74) is 1.29. The number of hydrogen-bond donors (Lipinski definition) is 1. The highest BCUT2D eigenvalue weighted by molar-refractivity contribution is 5.85. The molecule has 0 amide bonds. The molecule has 0 atom stereocenters. The number of nitrogens with zero attached hydrogens (tertiary/aromatic N) is 1. The highest BCUT2D eigenvalue weighted by Gasteiger charge is 2.08. The second-order valence-corrected chi connectivity index (χ2v) is 4.48. The molecule has 6 heteroatoms. The Hall–Kier alpha value is -0.520. The molecule has 1 fully saturated rings. The van der Waals surface area contributed by atoms with E-state index in [9.17, 15) is 0 Å². The van der Waals surface area contributed by atoms with E-state index in [2.05, 4.69) is 22.3 Å². The molecule has 1 heterocycles. The minimum absolute atomic E-state index is 0. The molecule has 0 bridgehead atoms. The quantitative estimate of drug-likeness (QED) is 0.812. The van der Waals surface area contributed by atoms with E-state index in [-0.39, 0.29) is 24.8 Å². The summed E-state index contributed by atoms with van der Waals surface area (Å²) in [6.07, 6.45) is 0. The van der Waals surface area contributed by atoms with Gasteiger partial charge in [-0.1, -0.05) is 12.1 Å². The van der Waals surface area contributed by atoms with E-state index in [0.29, 0.717) is 0 Å². The van der Waals surface area contributed by atoms with Gasteiger partial charge in [-0.05, 0) is 17.7 Å². The molecule has 1 saturated heterocycles. The number of methoxy groups -OCH3 is 1. The van der Waals surface area contributed by atoms with Crippen molar-refractivity contribution in [1.82, 2.24) is 10.2 Å². The van der Waals surface area contributed by atoms with Crippen molar-refractivity contribution in [1.29, 1.82) is 0 Å². The molecule has 0 unspecified atom stereocenters. The molecule has 1 aliphatic rings. The Morgan fingerprint density at radius 3 is 2.40 bits per heavy atom. The second kappa shape index (κ2) is 11.2. The number of halogens is 2. The van der Waals surface area contributed by atoms with Gasteiger partial charge in [0.15, 0.2) is 0 Å². The fourth-order valence-corrected chi connectivity index (χ4v) is 2.04. The van der Waals surface area contributed by atoms with Crippen LogP contribution in [0.5, 0.6) is 5.75 Å². The van der Waals surface area contributed by atoms with E-state index < -0.39 is 0 Å². The maximum atomic E-state index is 5.32. The minimum atomic E-state index is 0. The van der Waals surface area contributed by atoms with Gasteiger partial charge in [0.1, 0.15) is 5.75 Å². The Bertz CT molecular complexity index is 344. The van der Waals surface area contributed by atoms with Crippen LogP contribution < -0.4 is 10.1 Å². The Labute approximate surface area is 133 Å². The maximum absolute atomic E-state index is 5.32. The van der Waals surface area contributed by atoms with Gasteiger partial charge in [0, 0.05) is 32.7 Å². The fraction of sp³-hybridized carbons (Fsp3) is 0.571. The third-order valence-electron chi connectivity index (χ3n) is 3.20. The first-order chi connectivity index (χ1) is 8.88. The molecule has 1 N–H and O–H groups in total. The van der Waals surface area contributed by atoms with E-state index in [4.69, 9.17) is 9.47 Å². The Balaban J connectivity index is 0.00000180. The third kappa shape index (κ3) is 6.77. The largest absolute Gasteiger partial charge is 0.497 e. The molecule has 0 spiro atoms. The molecule has 1 aromatic rings. The predicted molar refractivity (Wildman–Crippen MR) is 86.5 cm³/mol. The van der Waals surface area contributed by atoms with Gasteiger partial charge in [0.2, 0.25) is 0 Å². The highest BCUT2D eigenvalue weighted by atomic mass is 35.5. The number of nitrogens with one attached hydrogen (secondary N) is 1. The van der Waals surface area contributed by atoms with Crippen molar-refractivity contribution in [3.05, 3.63) is 29.8 Å². The van der Waals surface area contributed by atoms with Gasteiger partial charge in [-0.3, -0.25) is 4.90 Å². The van der Waals surface area contributed by atoms with Crippen molar-refractivity contribution >= 4 is 24.8 Å². The first-order valence-electron chi connectivity index (χ1n) is 6.52. The summed E-state index contributed by atoms with van der Waals surface area (Å²) < 4.78 is 10.5. The lowest BCUT2D eigenvalue weighted by atomic mass is 10.2. The molecule has 1 aromatic carbocycles. The number of hydrogen-bond acceptors (Lipinski definition) is 4. The van der Waals surface area contributed by atoms with Crippen molar-refractivity contribution in [2.45, 2.75) is 6.54 Å². The lowest BCUT2D eigenvalue weighted by Gasteiger charge is -2.26. The van der Waals surface area contributed by atoms with Gasteiger partial charge in [0.25, 0.3) is 0 Å². The molecule has 116 valence electrons. The number of benzene rings is 1. The molecular formula is C14H24Cl2N2O2. The van der Waals surface area contributed by atoms with Crippen LogP contribution in [0.3, 0.4) is 0 Å². The van der Waals surface area contributed by atoms with Crippen LogP contribution in [0.15, 0.2) is 24.3 Å². The SMILES string of the molecule is COc1ccc(CNCCN2CCOCC2)cc1.Cl.Cl. The predicted octanol–water partition coefficient (Wildman–Crippen LogP) is 1.96. The normalized spacial score (nSPS) is 15.1. The summed E-state index contributed by atoms with van der Waals surface area (Å²) in [6.45, 7) is 6.89. The van der Waals surface area contributed by atoms with Crippen LogP contribution in [0.4, 0.5) is 0 Å². The lowest BCUT2D eigenvalue weighted by Crippen LogP contribution is -2.40. The molecule has 0 aromatic heterocycles. The lowest BCUT2D eigenvalue weighted by molar-refractivity contribution is 0.0384. The van der Waals surface area contributed by atoms with Crippen molar-refractivity contribution in [2.24, 2.45) is 0 Å². The monoisotopic (exact) mass is 322 g/mol. The summed E-state index contributed by atoms with van der Waals surface area (Å²) in [5, 5.41) is 3.46. The van der Waals surface area contributed by atoms with Gasteiger partial charge >= 0.3 is 0 Å². The van der Waals surface area contributed by atoms with Crippen LogP contribution in [0.1, 0.15) is 5.56 Å². The topological polar surface area (TPSA) is 33.7 Å². The second-order valence-electron chi connectivity index (χ2n) is 4.48. The molecule has 20 heavy (non-hydrogen) atoms. The molecule has 4 nitrogen and oxygen atoms in total. The van der Waals surface area contributed by atoms with Crippen LogP contribution in [0.25, 0.3) is 0 Å². The summed E-state index contributed by atoms with van der Waals surface area (Å²) in [5.74, 6) is 0.909. The van der Waals surface area contributed by atoms with Crippen molar-refractivity contribution < 1.29 is 9.47 Å². The third-order valence-corrected chi connectivity index (χ3v) is 3.20. The van der Waals surface area contributed by atoms with Gasteiger partial charge in [-0.25, -0.2) is 0 Å². The number of rotatable bonds is 6. The van der Waals surface area contributed by atoms with E-state index in [1.807, 2.05) is 12.1 Å². The molecule has 0 aliphatic carbocycles. The van der Waals surface area contributed by atoms with Crippen LogP contribution in [-0.4, -0.2) is 51.4 Å². The molecule has 2 rings (SSSR count). The first kappa shape index (κ1) is 19.5. The zero-order chi connectivity index (χ0) is 12.6. The number of morpholine rings is 1. The first-order valence-corrected chi connectivity index (χ1v) is 6.52. The number of ether oxygens (including phenoxy) is 2. The van der Waals surface area contributed by atoms with Gasteiger partial charge in [-0.15, -0.1) is 24.8 Å². The van der Waals surface area contributed by atoms with Gasteiger partial charge < -0.3 is 14.8 Å². The van der Waals surface area contributed by atoms with E-state index in [1.165, 1.54) is 5.56 Å². The Morgan fingerprint density at radius 1 is 1.15 bits per heavy atom. The Kier molecular flexibility index (Phi) is 10.9. The Morgan fingerprint density at radius 2 is 1.80 bits per heavy atom. The summed E-state index contributed by atoms with van der Waals surface area (Å²) >= 11 is 0. The van der Waals surface area contributed by atoms with E-state index in [0.717, 1.165) is 51.7 Å². The smallest absolute Gasteiger partial charge is 0.118 e. The van der Waals surface area contributed by atoms with Crippen molar-refractivity contribution in [3.63, 3.8) is 0 Å². The van der Waals surface area contributed by atoms with Crippen LogP contribution >= 0.6 is 24.8 Å². The molecule has 1 aliphatic heterocycles. The average molecular weight is 323 g/mol. The maximum Gasteiger partial charge on any atom is 0.118 e. The highest BCUT2D eigenvalue weighted by Crippen LogP contribution is 2.10. The van der Waals surface area contributed by atoms with Crippen LogP contribution in [0, 0.1) is 0 Å². The van der Waals surface area contributed by atoms with E-state index in [1.54, 1.807) is 7.11 Å². The fourth-order valence-electron chi connectivity index (χ4n) is 2.04. The molecular weight excluding hydrogens is 299 g/mol. The van der Waals surface area contributed by atoms with Crippen LogP contribution in [-0.2, 0) is 11.3 Å². The standard InChI is InChI=1S/C14H22N2O2.2ClH/c1-17-14-4-2-13(3-5-14)12-15-6-7-16-8-10-18-11-9-16;;/h2-5,15H,6-12H2,1H3;2*1H. The summed E-state index contributed by atoms with van der Waals surface area (Å²) in [7, 11) is 1.69. The average Bonchev–Trinajstić information content (AvgIpc) is 2.45. The summed E-state index contributed by atoms with van der Waals surface area (Å²) in [4.78, 5) is 2.44. The van der Waals surface area contributed by atoms with E-state index >= 15 is 0 Å². The molecule has 0 radical (unpaired) electrons. The summed E-state index contributed by atoms with van der Waals surface area (Å²) in [6, 6.07) is 8.19. The zero-order valence-electron chi connectivity index (χ0n) is 11.8.